The van der Waals surface area contributed by atoms with Gasteiger partial charge in [0.1, 0.15) is 5.75 Å². The van der Waals surface area contributed by atoms with Crippen molar-refractivity contribution in [3.8, 4) is 22.9 Å². The van der Waals surface area contributed by atoms with E-state index in [9.17, 15) is 8.42 Å². The van der Waals surface area contributed by atoms with Crippen LogP contribution in [0.15, 0.2) is 54.9 Å². The third-order valence-corrected chi connectivity index (χ3v) is 8.34. The van der Waals surface area contributed by atoms with Crippen LogP contribution in [0.1, 0.15) is 31.7 Å². The SMILES string of the molecule is CCCS(=O)(=O)Nc1c(Cl)ccc2c(Oc3ncccc3-c3ccnc(NC4CCCNC4)n3)c(C)ccc12. The Kier molecular flexibility index (Phi) is 8.15. The number of halogens is 1. The molecule has 4 aromatic rings. The second-order valence-corrected chi connectivity index (χ2v) is 11.8. The van der Waals surface area contributed by atoms with Gasteiger partial charge in [0.25, 0.3) is 0 Å². The zero-order chi connectivity index (χ0) is 27.4. The summed E-state index contributed by atoms with van der Waals surface area (Å²) in [6, 6.07) is 13.0. The van der Waals surface area contributed by atoms with E-state index in [4.69, 9.17) is 21.3 Å². The summed E-state index contributed by atoms with van der Waals surface area (Å²) < 4.78 is 34.2. The number of sulfonamides is 1. The molecule has 9 nitrogen and oxygen atoms in total. The monoisotopic (exact) mass is 566 g/mol. The molecule has 11 heteroatoms. The predicted molar refractivity (Wildman–Crippen MR) is 156 cm³/mol. The third-order valence-electron chi connectivity index (χ3n) is 6.56. The summed E-state index contributed by atoms with van der Waals surface area (Å²) in [6.45, 7) is 5.64. The minimum absolute atomic E-state index is 0.000727. The highest BCUT2D eigenvalue weighted by Crippen LogP contribution is 2.41. The van der Waals surface area contributed by atoms with E-state index in [0.717, 1.165) is 31.5 Å². The molecule has 39 heavy (non-hydrogen) atoms. The van der Waals surface area contributed by atoms with Crippen LogP contribution in [0.4, 0.5) is 11.6 Å². The lowest BCUT2D eigenvalue weighted by Crippen LogP contribution is -2.38. The summed E-state index contributed by atoms with van der Waals surface area (Å²) in [5.74, 6) is 1.48. The molecule has 1 saturated heterocycles. The standard InChI is InChI=1S/C28H31ClN6O3S/c1-3-16-39(36,37)35-25-20-9-8-18(2)26(21(20)10-11-23(25)29)38-27-22(7-5-14-31-27)24-12-15-32-28(34-24)33-19-6-4-13-30-17-19/h5,7-12,14-15,19,30,35H,3-4,6,13,16-17H2,1-2H3,(H,32,33,34). The first-order valence-electron chi connectivity index (χ1n) is 13.0. The van der Waals surface area contributed by atoms with Crippen LogP contribution in [-0.4, -0.2) is 48.3 Å². The summed E-state index contributed by atoms with van der Waals surface area (Å²) >= 11 is 6.45. The highest BCUT2D eigenvalue weighted by molar-refractivity contribution is 7.92. The van der Waals surface area contributed by atoms with Gasteiger partial charge in [0.15, 0.2) is 0 Å². The summed E-state index contributed by atoms with van der Waals surface area (Å²) in [5, 5.41) is 8.46. The van der Waals surface area contributed by atoms with Crippen molar-refractivity contribution in [1.29, 1.82) is 0 Å². The molecular weight excluding hydrogens is 536 g/mol. The van der Waals surface area contributed by atoms with Crippen molar-refractivity contribution in [2.45, 2.75) is 39.2 Å². The molecule has 1 unspecified atom stereocenters. The topological polar surface area (TPSA) is 118 Å². The molecule has 1 atom stereocenters. The Labute approximate surface area is 233 Å². The number of piperidine rings is 1. The minimum Gasteiger partial charge on any atom is -0.437 e. The van der Waals surface area contributed by atoms with E-state index >= 15 is 0 Å². The average molecular weight is 567 g/mol. The fourth-order valence-corrected chi connectivity index (χ4v) is 6.11. The maximum Gasteiger partial charge on any atom is 0.232 e. The quantitative estimate of drug-likeness (QED) is 0.234. The first-order chi connectivity index (χ1) is 18.8. The Morgan fingerprint density at radius 2 is 1.95 bits per heavy atom. The molecule has 3 N–H and O–H groups in total. The molecule has 3 heterocycles. The van der Waals surface area contributed by atoms with E-state index in [2.05, 4.69) is 25.3 Å². The molecule has 5 rings (SSSR count). The molecule has 1 fully saturated rings. The molecule has 0 radical (unpaired) electrons. The number of benzene rings is 2. The molecule has 2 aromatic heterocycles. The van der Waals surface area contributed by atoms with Crippen molar-refractivity contribution in [2.24, 2.45) is 0 Å². The summed E-state index contributed by atoms with van der Waals surface area (Å²) in [6.07, 6.45) is 6.04. The van der Waals surface area contributed by atoms with Gasteiger partial charge in [0, 0.05) is 35.8 Å². The van der Waals surface area contributed by atoms with Gasteiger partial charge in [-0.05, 0) is 68.6 Å². The molecule has 1 aliphatic rings. The fraction of sp³-hybridized carbons (Fsp3) is 0.321. The molecule has 1 aliphatic heterocycles. The lowest BCUT2D eigenvalue weighted by molar-refractivity contribution is 0.466. The van der Waals surface area contributed by atoms with Crippen LogP contribution in [0.5, 0.6) is 11.6 Å². The van der Waals surface area contributed by atoms with Gasteiger partial charge in [0.05, 0.1) is 27.7 Å². The maximum absolute atomic E-state index is 12.6. The lowest BCUT2D eigenvalue weighted by Gasteiger charge is -2.23. The minimum atomic E-state index is -3.55. The fourth-order valence-electron chi connectivity index (χ4n) is 4.67. The highest BCUT2D eigenvalue weighted by atomic mass is 35.5. The number of nitrogens with zero attached hydrogens (tertiary/aromatic N) is 3. The van der Waals surface area contributed by atoms with Crippen LogP contribution in [0.25, 0.3) is 22.0 Å². The highest BCUT2D eigenvalue weighted by Gasteiger charge is 2.20. The van der Waals surface area contributed by atoms with Crippen LogP contribution >= 0.6 is 11.6 Å². The Balaban J connectivity index is 1.51. The van der Waals surface area contributed by atoms with Crippen molar-refractivity contribution in [3.63, 3.8) is 0 Å². The maximum atomic E-state index is 12.6. The lowest BCUT2D eigenvalue weighted by atomic mass is 10.0. The Bertz CT molecular complexity index is 1590. The van der Waals surface area contributed by atoms with Gasteiger partial charge in [-0.25, -0.2) is 23.4 Å². The Morgan fingerprint density at radius 1 is 1.10 bits per heavy atom. The second kappa shape index (κ2) is 11.7. The van der Waals surface area contributed by atoms with E-state index in [1.807, 2.05) is 50.2 Å². The Morgan fingerprint density at radius 3 is 2.74 bits per heavy atom. The van der Waals surface area contributed by atoms with Crippen molar-refractivity contribution in [3.05, 3.63) is 65.4 Å². The van der Waals surface area contributed by atoms with Crippen molar-refractivity contribution >= 4 is 44.0 Å². The average Bonchev–Trinajstić information content (AvgIpc) is 2.92. The first-order valence-corrected chi connectivity index (χ1v) is 15.0. The summed E-state index contributed by atoms with van der Waals surface area (Å²) in [5.41, 5.74) is 2.57. The number of aryl methyl sites for hydroxylation is 1. The van der Waals surface area contributed by atoms with Gasteiger partial charge in [-0.2, -0.15) is 0 Å². The van der Waals surface area contributed by atoms with Crippen molar-refractivity contribution < 1.29 is 13.2 Å². The predicted octanol–water partition coefficient (Wildman–Crippen LogP) is 5.76. The number of hydrogen-bond acceptors (Lipinski definition) is 8. The number of anilines is 2. The largest absolute Gasteiger partial charge is 0.437 e. The normalized spacial score (nSPS) is 15.7. The van der Waals surface area contributed by atoms with Gasteiger partial charge in [-0.3, -0.25) is 4.72 Å². The van der Waals surface area contributed by atoms with Gasteiger partial charge < -0.3 is 15.4 Å². The van der Waals surface area contributed by atoms with Crippen LogP contribution in [0.2, 0.25) is 5.02 Å². The molecule has 0 saturated carbocycles. The number of rotatable bonds is 9. The van der Waals surface area contributed by atoms with Gasteiger partial charge in [-0.15, -0.1) is 0 Å². The number of ether oxygens (including phenoxy) is 1. The molecule has 0 bridgehead atoms. The van der Waals surface area contributed by atoms with E-state index in [-0.39, 0.29) is 11.8 Å². The van der Waals surface area contributed by atoms with Gasteiger partial charge >= 0.3 is 0 Å². The van der Waals surface area contributed by atoms with Crippen LogP contribution in [0, 0.1) is 6.92 Å². The number of fused-ring (bicyclic) bond motifs is 1. The summed E-state index contributed by atoms with van der Waals surface area (Å²) in [7, 11) is -3.55. The van der Waals surface area contributed by atoms with Crippen LogP contribution in [0.3, 0.4) is 0 Å². The summed E-state index contributed by atoms with van der Waals surface area (Å²) in [4.78, 5) is 13.7. The van der Waals surface area contributed by atoms with E-state index in [1.54, 1.807) is 18.5 Å². The van der Waals surface area contributed by atoms with E-state index in [1.165, 1.54) is 0 Å². The van der Waals surface area contributed by atoms with Crippen molar-refractivity contribution in [1.82, 2.24) is 20.3 Å². The van der Waals surface area contributed by atoms with Gasteiger partial charge in [0.2, 0.25) is 21.9 Å². The zero-order valence-electron chi connectivity index (χ0n) is 21.9. The van der Waals surface area contributed by atoms with E-state index in [0.29, 0.717) is 56.7 Å². The van der Waals surface area contributed by atoms with Gasteiger partial charge in [-0.1, -0.05) is 30.7 Å². The van der Waals surface area contributed by atoms with E-state index < -0.39 is 10.0 Å². The molecule has 0 spiro atoms. The van der Waals surface area contributed by atoms with Crippen molar-refractivity contribution in [2.75, 3.05) is 28.9 Å². The van der Waals surface area contributed by atoms with Crippen LogP contribution < -0.4 is 20.1 Å². The molecule has 2 aromatic carbocycles. The third kappa shape index (κ3) is 6.24. The van der Waals surface area contributed by atoms with Crippen LogP contribution in [-0.2, 0) is 10.0 Å². The second-order valence-electron chi connectivity index (χ2n) is 9.56. The smallest absolute Gasteiger partial charge is 0.232 e. The zero-order valence-corrected chi connectivity index (χ0v) is 23.4. The first kappa shape index (κ1) is 27.1. The Hall–Kier alpha value is -3.47. The molecule has 0 amide bonds. The molecule has 0 aliphatic carbocycles. The number of aromatic nitrogens is 3. The number of pyridine rings is 1. The molecular formula is C28H31ClN6O3S. The molecule has 204 valence electrons. The number of nitrogens with one attached hydrogen (secondary N) is 3. The number of hydrogen-bond donors (Lipinski definition) is 3.